The zero-order valence-corrected chi connectivity index (χ0v) is 8.77. The predicted molar refractivity (Wildman–Crippen MR) is 54.4 cm³/mol. The first kappa shape index (κ1) is 9.29. The summed E-state index contributed by atoms with van der Waals surface area (Å²) in [6, 6.07) is 7.37. The van der Waals surface area contributed by atoms with Crippen molar-refractivity contribution < 1.29 is 0 Å². The molecule has 6 heteroatoms. The highest BCUT2D eigenvalue weighted by Gasteiger charge is 2.12. The fourth-order valence-electron chi connectivity index (χ4n) is 1.15. The van der Waals surface area contributed by atoms with Gasteiger partial charge in [-0.05, 0) is 17.7 Å². The SMILES string of the molecule is NC(c1cccc(Br)c1)c1nn[nH]n1. The number of aromatic nitrogens is 4. The Labute approximate surface area is 88.8 Å². The number of nitrogens with zero attached hydrogens (tertiary/aromatic N) is 3. The van der Waals surface area contributed by atoms with E-state index in [4.69, 9.17) is 5.73 Å². The van der Waals surface area contributed by atoms with Gasteiger partial charge in [0.2, 0.25) is 0 Å². The zero-order chi connectivity index (χ0) is 9.97. The molecule has 0 saturated heterocycles. The molecule has 2 rings (SSSR count). The van der Waals surface area contributed by atoms with E-state index in [1.807, 2.05) is 24.3 Å². The minimum absolute atomic E-state index is 0.341. The van der Waals surface area contributed by atoms with Gasteiger partial charge in [0.05, 0.1) is 6.04 Å². The van der Waals surface area contributed by atoms with E-state index in [0.717, 1.165) is 10.0 Å². The molecule has 1 heterocycles. The summed E-state index contributed by atoms with van der Waals surface area (Å²) in [5.41, 5.74) is 6.87. The van der Waals surface area contributed by atoms with Crippen molar-refractivity contribution in [2.24, 2.45) is 5.73 Å². The smallest absolute Gasteiger partial charge is 0.195 e. The molecule has 0 aliphatic heterocycles. The Morgan fingerprint density at radius 3 is 2.93 bits per heavy atom. The second-order valence-electron chi connectivity index (χ2n) is 2.80. The van der Waals surface area contributed by atoms with Crippen molar-refractivity contribution >= 4 is 15.9 Å². The summed E-state index contributed by atoms with van der Waals surface area (Å²) in [6.07, 6.45) is 0. The first-order valence-corrected chi connectivity index (χ1v) is 4.81. The van der Waals surface area contributed by atoms with Gasteiger partial charge in [-0.3, -0.25) is 0 Å². The fraction of sp³-hybridized carbons (Fsp3) is 0.125. The number of aromatic amines is 1. The van der Waals surface area contributed by atoms with Crippen LogP contribution in [0.5, 0.6) is 0 Å². The van der Waals surface area contributed by atoms with Gasteiger partial charge in [-0.2, -0.15) is 5.21 Å². The second kappa shape index (κ2) is 3.85. The molecule has 1 aromatic heterocycles. The Bertz CT molecular complexity index is 413. The van der Waals surface area contributed by atoms with Gasteiger partial charge in [0.1, 0.15) is 0 Å². The van der Waals surface area contributed by atoms with Gasteiger partial charge in [0.15, 0.2) is 5.82 Å². The van der Waals surface area contributed by atoms with Crippen LogP contribution in [0, 0.1) is 0 Å². The maximum atomic E-state index is 5.92. The molecule has 14 heavy (non-hydrogen) atoms. The summed E-state index contributed by atoms with van der Waals surface area (Å²) in [4.78, 5) is 0. The highest BCUT2D eigenvalue weighted by molar-refractivity contribution is 9.10. The highest BCUT2D eigenvalue weighted by atomic mass is 79.9. The van der Waals surface area contributed by atoms with Crippen LogP contribution in [-0.2, 0) is 0 Å². The number of benzene rings is 1. The van der Waals surface area contributed by atoms with Crippen LogP contribution in [0.4, 0.5) is 0 Å². The van der Waals surface area contributed by atoms with Crippen molar-refractivity contribution in [1.82, 2.24) is 20.6 Å². The largest absolute Gasteiger partial charge is 0.318 e. The summed E-state index contributed by atoms with van der Waals surface area (Å²) in [6.45, 7) is 0. The van der Waals surface area contributed by atoms with E-state index in [1.54, 1.807) is 0 Å². The topological polar surface area (TPSA) is 80.5 Å². The lowest BCUT2D eigenvalue weighted by Crippen LogP contribution is -2.13. The summed E-state index contributed by atoms with van der Waals surface area (Å²) in [5, 5.41) is 13.5. The lowest BCUT2D eigenvalue weighted by molar-refractivity contribution is 0.784. The number of tetrazole rings is 1. The molecule has 0 amide bonds. The van der Waals surface area contributed by atoms with Crippen LogP contribution in [0.3, 0.4) is 0 Å². The minimum Gasteiger partial charge on any atom is -0.318 e. The molecule has 5 nitrogen and oxygen atoms in total. The monoisotopic (exact) mass is 253 g/mol. The number of nitrogens with two attached hydrogens (primary N) is 1. The third-order valence-electron chi connectivity index (χ3n) is 1.85. The van der Waals surface area contributed by atoms with Gasteiger partial charge < -0.3 is 5.73 Å². The maximum absolute atomic E-state index is 5.92. The number of nitrogens with one attached hydrogen (secondary N) is 1. The third kappa shape index (κ3) is 1.80. The molecular formula is C8H8BrN5. The van der Waals surface area contributed by atoms with Crippen molar-refractivity contribution in [3.63, 3.8) is 0 Å². The molecule has 0 aliphatic rings. The van der Waals surface area contributed by atoms with Crippen LogP contribution in [0.1, 0.15) is 17.4 Å². The van der Waals surface area contributed by atoms with E-state index in [9.17, 15) is 0 Å². The standard InChI is InChI=1S/C8H8BrN5/c9-6-3-1-2-5(4-6)7(10)8-11-13-14-12-8/h1-4,7H,10H2,(H,11,12,13,14). The Morgan fingerprint density at radius 1 is 1.43 bits per heavy atom. The maximum Gasteiger partial charge on any atom is 0.195 e. The van der Waals surface area contributed by atoms with Gasteiger partial charge in [0, 0.05) is 4.47 Å². The summed E-state index contributed by atoms with van der Waals surface area (Å²) < 4.78 is 0.981. The van der Waals surface area contributed by atoms with Crippen LogP contribution in [0.2, 0.25) is 0 Å². The summed E-state index contributed by atoms with van der Waals surface area (Å²) >= 11 is 3.37. The van der Waals surface area contributed by atoms with E-state index in [1.165, 1.54) is 0 Å². The van der Waals surface area contributed by atoms with Crippen molar-refractivity contribution in [3.8, 4) is 0 Å². The van der Waals surface area contributed by atoms with Crippen LogP contribution in [-0.4, -0.2) is 20.6 Å². The van der Waals surface area contributed by atoms with Crippen molar-refractivity contribution in [2.75, 3.05) is 0 Å². The first-order valence-electron chi connectivity index (χ1n) is 4.02. The Kier molecular flexibility index (Phi) is 2.55. The van der Waals surface area contributed by atoms with E-state index in [-0.39, 0.29) is 6.04 Å². The van der Waals surface area contributed by atoms with E-state index >= 15 is 0 Å². The number of hydrogen-bond acceptors (Lipinski definition) is 4. The molecule has 3 N–H and O–H groups in total. The van der Waals surface area contributed by atoms with Crippen LogP contribution < -0.4 is 5.73 Å². The van der Waals surface area contributed by atoms with Crippen molar-refractivity contribution in [3.05, 3.63) is 40.1 Å². The molecule has 0 radical (unpaired) electrons. The van der Waals surface area contributed by atoms with Gasteiger partial charge >= 0.3 is 0 Å². The van der Waals surface area contributed by atoms with Gasteiger partial charge in [-0.1, -0.05) is 33.3 Å². The predicted octanol–water partition coefficient (Wildman–Crippen LogP) is 1.01. The van der Waals surface area contributed by atoms with Crippen LogP contribution in [0.15, 0.2) is 28.7 Å². The molecule has 72 valence electrons. The lowest BCUT2D eigenvalue weighted by atomic mass is 10.1. The first-order chi connectivity index (χ1) is 6.77. The number of rotatable bonds is 2. The Hall–Kier alpha value is -1.27. The molecule has 0 saturated carbocycles. The molecule has 1 atom stereocenters. The average Bonchev–Trinajstić information content (AvgIpc) is 2.69. The molecular weight excluding hydrogens is 246 g/mol. The molecule has 0 spiro atoms. The van der Waals surface area contributed by atoms with E-state index < -0.39 is 0 Å². The second-order valence-corrected chi connectivity index (χ2v) is 3.72. The number of halogens is 1. The number of hydrogen-bond donors (Lipinski definition) is 2. The third-order valence-corrected chi connectivity index (χ3v) is 2.34. The van der Waals surface area contributed by atoms with Crippen molar-refractivity contribution in [2.45, 2.75) is 6.04 Å². The summed E-state index contributed by atoms with van der Waals surface area (Å²) in [7, 11) is 0. The van der Waals surface area contributed by atoms with Gasteiger partial charge in [0.25, 0.3) is 0 Å². The van der Waals surface area contributed by atoms with Crippen LogP contribution in [0.25, 0.3) is 0 Å². The Balaban J connectivity index is 2.32. The fourth-order valence-corrected chi connectivity index (χ4v) is 1.57. The lowest BCUT2D eigenvalue weighted by Gasteiger charge is -2.06. The molecule has 0 bridgehead atoms. The molecule has 1 aromatic carbocycles. The van der Waals surface area contributed by atoms with E-state index in [0.29, 0.717) is 5.82 Å². The van der Waals surface area contributed by atoms with Crippen LogP contribution >= 0.6 is 15.9 Å². The van der Waals surface area contributed by atoms with E-state index in [2.05, 4.69) is 36.6 Å². The molecule has 0 fully saturated rings. The minimum atomic E-state index is -0.341. The normalized spacial score (nSPS) is 12.7. The molecule has 1 unspecified atom stereocenters. The Morgan fingerprint density at radius 2 is 2.29 bits per heavy atom. The average molecular weight is 254 g/mol. The van der Waals surface area contributed by atoms with Crippen molar-refractivity contribution in [1.29, 1.82) is 0 Å². The van der Waals surface area contributed by atoms with Gasteiger partial charge in [-0.15, -0.1) is 10.2 Å². The number of H-pyrrole nitrogens is 1. The highest BCUT2D eigenvalue weighted by Crippen LogP contribution is 2.19. The molecule has 0 aliphatic carbocycles. The zero-order valence-electron chi connectivity index (χ0n) is 7.18. The quantitative estimate of drug-likeness (QED) is 0.838. The summed E-state index contributed by atoms with van der Waals surface area (Å²) in [5.74, 6) is 0.489. The van der Waals surface area contributed by atoms with Gasteiger partial charge in [-0.25, -0.2) is 0 Å². The molecule has 2 aromatic rings.